The second-order valence-electron chi connectivity index (χ2n) is 7.39. The predicted molar refractivity (Wildman–Crippen MR) is 112 cm³/mol. The SMILES string of the molecule is Cc1ccc(S(=O)(=O)N2CCCCC2)cc1C(=O)OCC(=O)NCc1ccccc1F. The summed E-state index contributed by atoms with van der Waals surface area (Å²) in [5.41, 5.74) is 0.933. The fraction of sp³-hybridized carbons (Fsp3) is 0.364. The fourth-order valence-electron chi connectivity index (χ4n) is 3.33. The van der Waals surface area contributed by atoms with E-state index in [1.54, 1.807) is 31.2 Å². The first kappa shape index (κ1) is 22.9. The average molecular weight is 449 g/mol. The van der Waals surface area contributed by atoms with Crippen molar-refractivity contribution in [3.63, 3.8) is 0 Å². The first-order valence-electron chi connectivity index (χ1n) is 10.1. The summed E-state index contributed by atoms with van der Waals surface area (Å²) in [4.78, 5) is 24.5. The number of carbonyl (C=O) groups is 2. The molecule has 31 heavy (non-hydrogen) atoms. The Morgan fingerprint density at radius 2 is 1.81 bits per heavy atom. The maximum atomic E-state index is 13.6. The molecule has 1 fully saturated rings. The molecule has 0 saturated carbocycles. The molecule has 1 saturated heterocycles. The van der Waals surface area contributed by atoms with Crippen LogP contribution in [0.4, 0.5) is 4.39 Å². The van der Waals surface area contributed by atoms with E-state index in [1.165, 1.54) is 22.5 Å². The Labute approximate surface area is 181 Å². The van der Waals surface area contributed by atoms with Crippen LogP contribution >= 0.6 is 0 Å². The van der Waals surface area contributed by atoms with Crippen LogP contribution in [0.1, 0.15) is 40.7 Å². The predicted octanol–water partition coefficient (Wildman–Crippen LogP) is 2.78. The van der Waals surface area contributed by atoms with Gasteiger partial charge in [-0.2, -0.15) is 4.31 Å². The van der Waals surface area contributed by atoms with Crippen LogP contribution in [0.15, 0.2) is 47.4 Å². The van der Waals surface area contributed by atoms with Gasteiger partial charge in [0, 0.05) is 25.2 Å². The average Bonchev–Trinajstić information content (AvgIpc) is 2.77. The van der Waals surface area contributed by atoms with E-state index in [0.717, 1.165) is 19.3 Å². The molecule has 0 spiro atoms. The molecule has 1 heterocycles. The van der Waals surface area contributed by atoms with Crippen molar-refractivity contribution in [1.82, 2.24) is 9.62 Å². The number of halogens is 1. The third-order valence-corrected chi connectivity index (χ3v) is 7.04. The van der Waals surface area contributed by atoms with Crippen molar-refractivity contribution in [3.05, 3.63) is 65.0 Å². The molecule has 0 radical (unpaired) electrons. The molecule has 2 aromatic rings. The van der Waals surface area contributed by atoms with E-state index in [9.17, 15) is 22.4 Å². The third kappa shape index (κ3) is 5.68. The van der Waals surface area contributed by atoms with Crippen molar-refractivity contribution >= 4 is 21.9 Å². The Hall–Kier alpha value is -2.78. The number of nitrogens with zero attached hydrogens (tertiary/aromatic N) is 1. The van der Waals surface area contributed by atoms with Crippen molar-refractivity contribution in [2.24, 2.45) is 0 Å². The number of piperidine rings is 1. The van der Waals surface area contributed by atoms with Gasteiger partial charge in [-0.3, -0.25) is 4.79 Å². The third-order valence-electron chi connectivity index (χ3n) is 5.15. The molecule has 9 heteroatoms. The summed E-state index contributed by atoms with van der Waals surface area (Å²) in [6.45, 7) is 1.98. The maximum absolute atomic E-state index is 13.6. The highest BCUT2D eigenvalue weighted by molar-refractivity contribution is 7.89. The molecular formula is C22H25FN2O5S. The molecule has 1 N–H and O–H groups in total. The second kappa shape index (κ2) is 10.0. The van der Waals surface area contributed by atoms with E-state index in [-0.39, 0.29) is 17.0 Å². The van der Waals surface area contributed by atoms with Crippen LogP contribution < -0.4 is 5.32 Å². The number of amides is 1. The van der Waals surface area contributed by atoms with Crippen molar-refractivity contribution in [2.45, 2.75) is 37.6 Å². The second-order valence-corrected chi connectivity index (χ2v) is 9.32. The van der Waals surface area contributed by atoms with Crippen molar-refractivity contribution in [2.75, 3.05) is 19.7 Å². The van der Waals surface area contributed by atoms with E-state index in [4.69, 9.17) is 4.74 Å². The van der Waals surface area contributed by atoms with Gasteiger partial charge in [-0.15, -0.1) is 0 Å². The lowest BCUT2D eigenvalue weighted by Crippen LogP contribution is -2.35. The number of hydrogen-bond donors (Lipinski definition) is 1. The number of aryl methyl sites for hydroxylation is 1. The summed E-state index contributed by atoms with van der Waals surface area (Å²) in [6.07, 6.45) is 2.61. The van der Waals surface area contributed by atoms with Gasteiger partial charge in [0.2, 0.25) is 10.0 Å². The molecule has 2 aromatic carbocycles. The summed E-state index contributed by atoms with van der Waals surface area (Å²) >= 11 is 0. The highest BCUT2D eigenvalue weighted by Gasteiger charge is 2.27. The van der Waals surface area contributed by atoms with Gasteiger partial charge in [0.05, 0.1) is 10.5 Å². The molecular weight excluding hydrogens is 423 g/mol. The molecule has 0 aromatic heterocycles. The number of esters is 1. The number of ether oxygens (including phenoxy) is 1. The smallest absolute Gasteiger partial charge is 0.338 e. The molecule has 0 unspecified atom stereocenters. The number of nitrogens with one attached hydrogen (secondary N) is 1. The van der Waals surface area contributed by atoms with Crippen LogP contribution in [0.25, 0.3) is 0 Å². The van der Waals surface area contributed by atoms with Crippen molar-refractivity contribution in [3.8, 4) is 0 Å². The zero-order valence-corrected chi connectivity index (χ0v) is 18.1. The Morgan fingerprint density at radius 1 is 1.10 bits per heavy atom. The van der Waals surface area contributed by atoms with Crippen LogP contribution in [0.3, 0.4) is 0 Å². The topological polar surface area (TPSA) is 92.8 Å². The molecule has 7 nitrogen and oxygen atoms in total. The first-order chi connectivity index (χ1) is 14.8. The molecule has 0 bridgehead atoms. The Balaban J connectivity index is 1.62. The van der Waals surface area contributed by atoms with Gasteiger partial charge in [-0.05, 0) is 43.5 Å². The number of hydrogen-bond acceptors (Lipinski definition) is 5. The van der Waals surface area contributed by atoms with Gasteiger partial charge in [0.25, 0.3) is 5.91 Å². The van der Waals surface area contributed by atoms with Crippen molar-refractivity contribution < 1.29 is 27.1 Å². The molecule has 1 aliphatic rings. The monoisotopic (exact) mass is 448 g/mol. The van der Waals surface area contributed by atoms with E-state index in [2.05, 4.69) is 5.32 Å². The maximum Gasteiger partial charge on any atom is 0.338 e. The molecule has 0 atom stereocenters. The largest absolute Gasteiger partial charge is 0.452 e. The molecule has 166 valence electrons. The lowest BCUT2D eigenvalue weighted by molar-refractivity contribution is -0.124. The number of rotatable bonds is 7. The van der Waals surface area contributed by atoms with E-state index >= 15 is 0 Å². The van der Waals surface area contributed by atoms with E-state index in [1.807, 2.05) is 0 Å². The van der Waals surface area contributed by atoms with Gasteiger partial charge >= 0.3 is 5.97 Å². The lowest BCUT2D eigenvalue weighted by atomic mass is 10.1. The number of benzene rings is 2. The number of sulfonamides is 1. The fourth-order valence-corrected chi connectivity index (χ4v) is 4.88. The Bertz CT molecular complexity index is 1070. The normalized spacial score (nSPS) is 14.8. The summed E-state index contributed by atoms with van der Waals surface area (Å²) in [5.74, 6) is -1.83. The zero-order valence-electron chi connectivity index (χ0n) is 17.3. The van der Waals surface area contributed by atoms with Gasteiger partial charge in [-0.1, -0.05) is 30.7 Å². The van der Waals surface area contributed by atoms with Crippen LogP contribution in [-0.4, -0.2) is 44.3 Å². The number of carbonyl (C=O) groups excluding carboxylic acids is 2. The Kier molecular flexibility index (Phi) is 7.40. The van der Waals surface area contributed by atoms with Crippen LogP contribution in [0, 0.1) is 12.7 Å². The summed E-state index contributed by atoms with van der Waals surface area (Å²) in [5, 5.41) is 2.48. The summed E-state index contributed by atoms with van der Waals surface area (Å²) < 4.78 is 45.8. The van der Waals surface area contributed by atoms with E-state index in [0.29, 0.717) is 24.2 Å². The van der Waals surface area contributed by atoms with Crippen LogP contribution in [0.5, 0.6) is 0 Å². The minimum atomic E-state index is -3.70. The highest BCUT2D eigenvalue weighted by atomic mass is 32.2. The lowest BCUT2D eigenvalue weighted by Gasteiger charge is -2.26. The molecule has 0 aliphatic carbocycles. The van der Waals surface area contributed by atoms with Gasteiger partial charge < -0.3 is 10.1 Å². The standard InChI is InChI=1S/C22H25FN2O5S/c1-16-9-10-18(31(28,29)25-11-5-2-6-12-25)13-19(16)22(27)30-15-21(26)24-14-17-7-3-4-8-20(17)23/h3-4,7-10,13H,2,5-6,11-12,14-15H2,1H3,(H,24,26). The van der Waals surface area contributed by atoms with Gasteiger partial charge in [0.1, 0.15) is 5.82 Å². The summed E-state index contributed by atoms with van der Waals surface area (Å²) in [7, 11) is -3.70. The minimum Gasteiger partial charge on any atom is -0.452 e. The van der Waals surface area contributed by atoms with Gasteiger partial charge in [-0.25, -0.2) is 17.6 Å². The van der Waals surface area contributed by atoms with E-state index < -0.39 is 34.3 Å². The zero-order chi connectivity index (χ0) is 22.4. The minimum absolute atomic E-state index is 0.0240. The molecule has 3 rings (SSSR count). The van der Waals surface area contributed by atoms with Crippen LogP contribution in [0.2, 0.25) is 0 Å². The van der Waals surface area contributed by atoms with Crippen molar-refractivity contribution in [1.29, 1.82) is 0 Å². The first-order valence-corrected chi connectivity index (χ1v) is 11.5. The van der Waals surface area contributed by atoms with Crippen LogP contribution in [-0.2, 0) is 26.1 Å². The van der Waals surface area contributed by atoms with Gasteiger partial charge in [0.15, 0.2) is 6.61 Å². The molecule has 1 amide bonds. The molecule has 1 aliphatic heterocycles. The quantitative estimate of drug-likeness (QED) is 0.658. The summed E-state index contributed by atoms with van der Waals surface area (Å²) in [6, 6.07) is 10.3. The Morgan fingerprint density at radius 3 is 2.52 bits per heavy atom. The highest BCUT2D eigenvalue weighted by Crippen LogP contribution is 2.23.